The average Bonchev–Trinajstić information content (AvgIpc) is 3.15. The summed E-state index contributed by atoms with van der Waals surface area (Å²) in [6.45, 7) is 8.72. The number of carbonyl (C=O) groups is 2. The highest BCUT2D eigenvalue weighted by Crippen LogP contribution is 2.16. The van der Waals surface area contributed by atoms with Crippen molar-refractivity contribution in [2.45, 2.75) is 39.8 Å². The smallest absolute Gasteiger partial charge is 0.223 e. The fraction of sp³-hybridized carbons (Fsp3) is 0.500. The fourth-order valence-corrected chi connectivity index (χ4v) is 4.07. The van der Waals surface area contributed by atoms with Gasteiger partial charge >= 0.3 is 0 Å². The van der Waals surface area contributed by atoms with Gasteiger partial charge in [-0.3, -0.25) is 14.5 Å². The van der Waals surface area contributed by atoms with Crippen LogP contribution in [0.2, 0.25) is 0 Å². The third-order valence-electron chi connectivity index (χ3n) is 5.28. The molecule has 6 nitrogen and oxygen atoms in total. The molecule has 1 aliphatic heterocycles. The van der Waals surface area contributed by atoms with Gasteiger partial charge in [0.25, 0.3) is 0 Å². The molecular formula is C22H29N3O3S. The van der Waals surface area contributed by atoms with E-state index in [0.29, 0.717) is 12.1 Å². The molecule has 156 valence electrons. The summed E-state index contributed by atoms with van der Waals surface area (Å²) < 4.78 is 5.37. The summed E-state index contributed by atoms with van der Waals surface area (Å²) in [5, 5.41) is 3.08. The van der Waals surface area contributed by atoms with Crippen molar-refractivity contribution < 1.29 is 14.3 Å². The number of carbonyl (C=O) groups excluding carboxylic acids is 2. The summed E-state index contributed by atoms with van der Waals surface area (Å²) in [7, 11) is 1.77. The molecule has 0 spiro atoms. The summed E-state index contributed by atoms with van der Waals surface area (Å²) in [5.41, 5.74) is 3.83. The van der Waals surface area contributed by atoms with E-state index in [2.05, 4.69) is 9.88 Å². The van der Waals surface area contributed by atoms with Gasteiger partial charge in [-0.15, -0.1) is 11.3 Å². The molecule has 1 saturated heterocycles. The number of hydrogen-bond donors (Lipinski definition) is 0. The Morgan fingerprint density at radius 2 is 1.93 bits per heavy atom. The normalized spacial score (nSPS) is 14.7. The summed E-state index contributed by atoms with van der Waals surface area (Å²) in [6, 6.07) is 5.69. The topological polar surface area (TPSA) is 62.7 Å². The lowest BCUT2D eigenvalue weighted by Gasteiger charge is -2.25. The minimum absolute atomic E-state index is 0.0105. The van der Waals surface area contributed by atoms with Crippen LogP contribution in [0.4, 0.5) is 0 Å². The van der Waals surface area contributed by atoms with Crippen LogP contribution in [0, 0.1) is 13.8 Å². The van der Waals surface area contributed by atoms with Crippen molar-refractivity contribution in [3.63, 3.8) is 0 Å². The maximum absolute atomic E-state index is 12.5. The zero-order chi connectivity index (χ0) is 20.8. The van der Waals surface area contributed by atoms with E-state index in [-0.39, 0.29) is 24.5 Å². The molecule has 1 aromatic carbocycles. The molecule has 0 atom stereocenters. The van der Waals surface area contributed by atoms with Gasteiger partial charge in [-0.2, -0.15) is 0 Å². The Bertz CT molecular complexity index is 859. The van der Waals surface area contributed by atoms with E-state index in [9.17, 15) is 9.59 Å². The van der Waals surface area contributed by atoms with Crippen LogP contribution in [0.15, 0.2) is 23.6 Å². The van der Waals surface area contributed by atoms with Crippen LogP contribution >= 0.6 is 11.3 Å². The molecule has 0 radical (unpaired) electrons. The van der Waals surface area contributed by atoms with Crippen LogP contribution in [0.3, 0.4) is 0 Å². The highest BCUT2D eigenvalue weighted by atomic mass is 32.1. The Morgan fingerprint density at radius 3 is 2.66 bits per heavy atom. The van der Waals surface area contributed by atoms with E-state index in [1.165, 1.54) is 0 Å². The molecule has 1 amide bonds. The van der Waals surface area contributed by atoms with Gasteiger partial charge in [-0.1, -0.05) is 12.1 Å². The lowest BCUT2D eigenvalue weighted by Crippen LogP contribution is -2.35. The molecule has 3 rings (SSSR count). The number of ether oxygens (including phenoxy) is 1. The molecule has 0 bridgehead atoms. The highest BCUT2D eigenvalue weighted by molar-refractivity contribution is 7.09. The van der Waals surface area contributed by atoms with E-state index >= 15 is 0 Å². The molecule has 1 aromatic heterocycles. The van der Waals surface area contributed by atoms with Crippen molar-refractivity contribution in [2.24, 2.45) is 0 Å². The Kier molecular flexibility index (Phi) is 7.52. The first-order valence-corrected chi connectivity index (χ1v) is 10.9. The van der Waals surface area contributed by atoms with Gasteiger partial charge in [0.05, 0.1) is 32.0 Å². The number of rotatable bonds is 8. The number of aromatic nitrogens is 1. The predicted molar refractivity (Wildman–Crippen MR) is 114 cm³/mol. The molecular weight excluding hydrogens is 386 g/mol. The molecule has 0 aliphatic carbocycles. The zero-order valence-electron chi connectivity index (χ0n) is 17.4. The van der Waals surface area contributed by atoms with Gasteiger partial charge in [0, 0.05) is 43.9 Å². The van der Waals surface area contributed by atoms with Gasteiger partial charge in [0.2, 0.25) is 5.91 Å². The molecule has 2 heterocycles. The lowest BCUT2D eigenvalue weighted by molar-refractivity contribution is -0.130. The minimum Gasteiger partial charge on any atom is -0.379 e. The number of hydrogen-bond acceptors (Lipinski definition) is 6. The number of aryl methyl sites for hydroxylation is 2. The second-order valence-electron chi connectivity index (χ2n) is 7.59. The molecule has 7 heteroatoms. The average molecular weight is 416 g/mol. The lowest BCUT2D eigenvalue weighted by atomic mass is 10.0. The summed E-state index contributed by atoms with van der Waals surface area (Å²) in [4.78, 5) is 33.5. The number of amides is 1. The molecule has 0 saturated carbocycles. The third-order valence-corrected chi connectivity index (χ3v) is 6.16. The first kappa shape index (κ1) is 21.6. The van der Waals surface area contributed by atoms with Crippen LogP contribution in [0.25, 0.3) is 0 Å². The van der Waals surface area contributed by atoms with Gasteiger partial charge in [0.1, 0.15) is 5.01 Å². The maximum Gasteiger partial charge on any atom is 0.223 e. The van der Waals surface area contributed by atoms with Crippen LogP contribution in [0.5, 0.6) is 0 Å². The molecule has 0 unspecified atom stereocenters. The maximum atomic E-state index is 12.5. The zero-order valence-corrected chi connectivity index (χ0v) is 18.3. The van der Waals surface area contributed by atoms with E-state index in [1.54, 1.807) is 23.3 Å². The van der Waals surface area contributed by atoms with Crippen molar-refractivity contribution in [3.8, 4) is 0 Å². The second kappa shape index (κ2) is 10.1. The van der Waals surface area contributed by atoms with Crippen molar-refractivity contribution in [3.05, 3.63) is 51.0 Å². The molecule has 1 aliphatic rings. The molecule has 0 N–H and O–H groups in total. The number of ketones is 1. The number of morpholine rings is 1. The van der Waals surface area contributed by atoms with E-state index in [4.69, 9.17) is 4.74 Å². The first-order valence-electron chi connectivity index (χ1n) is 10.00. The Balaban J connectivity index is 1.46. The summed E-state index contributed by atoms with van der Waals surface area (Å²) >= 11 is 1.63. The molecule has 1 fully saturated rings. The first-order chi connectivity index (χ1) is 13.9. The second-order valence-corrected chi connectivity index (χ2v) is 8.54. The number of benzene rings is 1. The number of nitrogens with zero attached hydrogens (tertiary/aromatic N) is 3. The van der Waals surface area contributed by atoms with Gasteiger partial charge in [0.15, 0.2) is 5.78 Å². The number of Topliss-reactive ketones (excluding diaryl/α,β-unsaturated/α-hetero) is 1. The van der Waals surface area contributed by atoms with Gasteiger partial charge in [-0.25, -0.2) is 4.98 Å². The Hall–Kier alpha value is -2.09. The van der Waals surface area contributed by atoms with Crippen LogP contribution < -0.4 is 0 Å². The number of thiazole rings is 1. The van der Waals surface area contributed by atoms with E-state index in [1.807, 2.05) is 37.4 Å². The fourth-order valence-electron chi connectivity index (χ4n) is 3.25. The third kappa shape index (κ3) is 6.19. The summed E-state index contributed by atoms with van der Waals surface area (Å²) in [6.07, 6.45) is 0.443. The Labute approximate surface area is 176 Å². The predicted octanol–water partition coefficient (Wildman–Crippen LogP) is 3.21. The van der Waals surface area contributed by atoms with Crippen LogP contribution in [-0.4, -0.2) is 59.8 Å². The molecule has 29 heavy (non-hydrogen) atoms. The van der Waals surface area contributed by atoms with E-state index in [0.717, 1.165) is 54.7 Å². The van der Waals surface area contributed by atoms with Crippen molar-refractivity contribution in [2.75, 3.05) is 33.4 Å². The van der Waals surface area contributed by atoms with Crippen molar-refractivity contribution in [1.82, 2.24) is 14.8 Å². The molecule has 2 aromatic rings. The largest absolute Gasteiger partial charge is 0.379 e. The minimum atomic E-state index is -0.0371. The van der Waals surface area contributed by atoms with Crippen molar-refractivity contribution in [1.29, 1.82) is 0 Å². The van der Waals surface area contributed by atoms with Gasteiger partial charge < -0.3 is 9.64 Å². The van der Waals surface area contributed by atoms with Crippen molar-refractivity contribution >= 4 is 23.0 Å². The standard InChI is InChI=1S/C22H29N3O3S/c1-16-4-5-18(12-17(16)2)20(26)6-7-22(27)24(3)13-19-15-29-21(23-19)14-25-8-10-28-11-9-25/h4-5,12,15H,6-11,13-14H2,1-3H3. The van der Waals surface area contributed by atoms with Crippen LogP contribution in [0.1, 0.15) is 45.0 Å². The van der Waals surface area contributed by atoms with Gasteiger partial charge in [-0.05, 0) is 31.0 Å². The quantitative estimate of drug-likeness (QED) is 0.620. The SMILES string of the molecule is Cc1ccc(C(=O)CCC(=O)N(C)Cc2csc(CN3CCOCC3)n2)cc1C. The Morgan fingerprint density at radius 1 is 1.17 bits per heavy atom. The van der Waals surface area contributed by atoms with Crippen LogP contribution in [-0.2, 0) is 22.6 Å². The highest BCUT2D eigenvalue weighted by Gasteiger charge is 2.16. The van der Waals surface area contributed by atoms with E-state index < -0.39 is 0 Å². The summed E-state index contributed by atoms with van der Waals surface area (Å²) in [5.74, 6) is -0.0266. The monoisotopic (exact) mass is 415 g/mol.